The van der Waals surface area contributed by atoms with Crippen LogP contribution in [0.1, 0.15) is 17.0 Å². The highest BCUT2D eigenvalue weighted by Crippen LogP contribution is 2.24. The molecule has 1 N–H and O–H groups in total. The highest BCUT2D eigenvalue weighted by molar-refractivity contribution is 5.72. The molecular weight excluding hydrogens is 244 g/mol. The third kappa shape index (κ3) is 3.16. The molecule has 0 amide bonds. The summed E-state index contributed by atoms with van der Waals surface area (Å²) in [4.78, 5) is 14.4. The van der Waals surface area contributed by atoms with E-state index in [2.05, 4.69) is 4.98 Å². The lowest BCUT2D eigenvalue weighted by Crippen LogP contribution is -1.88. The maximum Gasteiger partial charge on any atom is 0.270 e. The van der Waals surface area contributed by atoms with E-state index >= 15 is 0 Å². The molecule has 0 aliphatic heterocycles. The van der Waals surface area contributed by atoms with Crippen molar-refractivity contribution in [3.63, 3.8) is 0 Å². The van der Waals surface area contributed by atoms with Crippen LogP contribution in [0.3, 0.4) is 0 Å². The second-order valence-corrected chi connectivity index (χ2v) is 4.04. The molecule has 0 aliphatic carbocycles. The van der Waals surface area contributed by atoms with Gasteiger partial charge in [-0.05, 0) is 37.3 Å². The van der Waals surface area contributed by atoms with Gasteiger partial charge in [-0.15, -0.1) is 0 Å². The monoisotopic (exact) mass is 256 g/mol. The maximum atomic E-state index is 10.7. The van der Waals surface area contributed by atoms with Gasteiger partial charge in [0, 0.05) is 23.4 Å². The Labute approximate surface area is 110 Å². The summed E-state index contributed by atoms with van der Waals surface area (Å²) in [5.41, 5.74) is 1.93. The number of pyridine rings is 1. The topological polar surface area (TPSA) is 76.3 Å². The lowest BCUT2D eigenvalue weighted by atomic mass is 10.1. The molecular formula is C14H12N2O3. The molecule has 0 fully saturated rings. The number of aryl methyl sites for hydroxylation is 1. The van der Waals surface area contributed by atoms with Crippen molar-refractivity contribution >= 4 is 17.8 Å². The Morgan fingerprint density at radius 3 is 2.74 bits per heavy atom. The van der Waals surface area contributed by atoms with Crippen molar-refractivity contribution < 1.29 is 10.0 Å². The number of hydrogen-bond donors (Lipinski definition) is 1. The second-order valence-electron chi connectivity index (χ2n) is 4.04. The molecule has 2 rings (SSSR count). The van der Waals surface area contributed by atoms with E-state index < -0.39 is 4.92 Å². The number of rotatable bonds is 3. The van der Waals surface area contributed by atoms with E-state index in [-0.39, 0.29) is 11.4 Å². The minimum atomic E-state index is -0.498. The Balaban J connectivity index is 2.32. The van der Waals surface area contributed by atoms with Crippen LogP contribution in [0.5, 0.6) is 5.75 Å². The molecule has 96 valence electrons. The van der Waals surface area contributed by atoms with E-state index in [0.29, 0.717) is 5.56 Å². The summed E-state index contributed by atoms with van der Waals surface area (Å²) in [6, 6.07) is 9.45. The van der Waals surface area contributed by atoms with Crippen molar-refractivity contribution in [3.8, 4) is 5.75 Å². The Morgan fingerprint density at radius 2 is 2.05 bits per heavy atom. The molecule has 5 heteroatoms. The molecule has 1 heterocycles. The van der Waals surface area contributed by atoms with Crippen LogP contribution in [0.15, 0.2) is 36.4 Å². The van der Waals surface area contributed by atoms with Crippen LogP contribution >= 0.6 is 0 Å². The minimum absolute atomic E-state index is 0.00509. The highest BCUT2D eigenvalue weighted by atomic mass is 16.6. The zero-order valence-electron chi connectivity index (χ0n) is 10.3. The van der Waals surface area contributed by atoms with E-state index in [9.17, 15) is 15.2 Å². The molecule has 0 aliphatic rings. The number of hydrogen-bond acceptors (Lipinski definition) is 4. The van der Waals surface area contributed by atoms with Crippen LogP contribution in [-0.4, -0.2) is 15.0 Å². The van der Waals surface area contributed by atoms with Crippen molar-refractivity contribution in [3.05, 3.63) is 63.5 Å². The predicted octanol–water partition coefficient (Wildman–Crippen LogP) is 3.17. The van der Waals surface area contributed by atoms with Gasteiger partial charge in [-0.25, -0.2) is 0 Å². The maximum absolute atomic E-state index is 10.7. The summed E-state index contributed by atoms with van der Waals surface area (Å²) in [5.74, 6) is -0.00509. The van der Waals surface area contributed by atoms with Crippen molar-refractivity contribution in [2.24, 2.45) is 0 Å². The van der Waals surface area contributed by atoms with Crippen LogP contribution in [0.4, 0.5) is 5.69 Å². The zero-order valence-corrected chi connectivity index (χ0v) is 10.3. The smallest absolute Gasteiger partial charge is 0.270 e. The van der Waals surface area contributed by atoms with Gasteiger partial charge >= 0.3 is 0 Å². The van der Waals surface area contributed by atoms with Crippen molar-refractivity contribution in [1.29, 1.82) is 0 Å². The van der Waals surface area contributed by atoms with E-state index in [1.165, 1.54) is 18.2 Å². The fourth-order valence-electron chi connectivity index (χ4n) is 1.62. The summed E-state index contributed by atoms with van der Waals surface area (Å²) in [7, 11) is 0. The minimum Gasteiger partial charge on any atom is -0.507 e. The largest absolute Gasteiger partial charge is 0.507 e. The quantitative estimate of drug-likeness (QED) is 0.676. The molecule has 0 saturated heterocycles. The molecule has 0 spiro atoms. The lowest BCUT2D eigenvalue weighted by molar-refractivity contribution is -0.384. The Morgan fingerprint density at radius 1 is 1.26 bits per heavy atom. The summed E-state index contributed by atoms with van der Waals surface area (Å²) < 4.78 is 0. The first-order valence-corrected chi connectivity index (χ1v) is 5.65. The number of phenols is 1. The molecule has 0 unspecified atom stereocenters. The molecule has 0 saturated carbocycles. The van der Waals surface area contributed by atoms with Gasteiger partial charge in [0.25, 0.3) is 5.69 Å². The number of non-ortho nitro benzene ring substituents is 1. The zero-order chi connectivity index (χ0) is 13.8. The number of nitrogens with zero attached hydrogens (tertiary/aromatic N) is 2. The summed E-state index contributed by atoms with van der Waals surface area (Å²) in [6.45, 7) is 1.88. The Bertz CT molecular complexity index is 651. The summed E-state index contributed by atoms with van der Waals surface area (Å²) >= 11 is 0. The molecule has 0 atom stereocenters. The van der Waals surface area contributed by atoms with Crippen LogP contribution in [0, 0.1) is 17.0 Å². The van der Waals surface area contributed by atoms with E-state index in [1.54, 1.807) is 12.2 Å². The molecule has 0 bridgehead atoms. The number of aromatic hydroxyl groups is 1. The van der Waals surface area contributed by atoms with Crippen LogP contribution < -0.4 is 0 Å². The third-order valence-corrected chi connectivity index (χ3v) is 2.57. The first-order valence-electron chi connectivity index (χ1n) is 5.65. The van der Waals surface area contributed by atoms with Gasteiger partial charge in [-0.1, -0.05) is 6.07 Å². The third-order valence-electron chi connectivity index (χ3n) is 2.57. The summed E-state index contributed by atoms with van der Waals surface area (Å²) in [5, 5.41) is 20.3. The van der Waals surface area contributed by atoms with Gasteiger partial charge in [-0.2, -0.15) is 0 Å². The van der Waals surface area contributed by atoms with E-state index in [4.69, 9.17) is 0 Å². The standard InChI is InChI=1S/C14H12N2O3/c1-10-3-2-4-12(15-10)6-5-11-9-13(16(18)19)7-8-14(11)17/h2-9,17H,1H3. The SMILES string of the molecule is Cc1cccc(C=Cc2cc([N+](=O)[O-])ccc2O)n1. The first-order chi connectivity index (χ1) is 9.06. The fraction of sp³-hybridized carbons (Fsp3) is 0.0714. The van der Waals surface area contributed by atoms with Crippen molar-refractivity contribution in [1.82, 2.24) is 4.98 Å². The lowest BCUT2D eigenvalue weighted by Gasteiger charge is -1.99. The van der Waals surface area contributed by atoms with Gasteiger partial charge in [0.15, 0.2) is 0 Å². The number of nitro groups is 1. The van der Waals surface area contributed by atoms with Crippen LogP contribution in [0.2, 0.25) is 0 Å². The first kappa shape index (κ1) is 12.8. The van der Waals surface area contributed by atoms with Crippen LogP contribution in [-0.2, 0) is 0 Å². The van der Waals surface area contributed by atoms with Gasteiger partial charge < -0.3 is 5.11 Å². The van der Waals surface area contributed by atoms with Gasteiger partial charge in [-0.3, -0.25) is 15.1 Å². The number of aromatic nitrogens is 1. The van der Waals surface area contributed by atoms with Crippen molar-refractivity contribution in [2.45, 2.75) is 6.92 Å². The normalized spacial score (nSPS) is 10.8. The second kappa shape index (κ2) is 5.30. The Kier molecular flexibility index (Phi) is 3.56. The fourth-order valence-corrected chi connectivity index (χ4v) is 1.62. The average Bonchev–Trinajstić information content (AvgIpc) is 2.37. The van der Waals surface area contributed by atoms with Crippen molar-refractivity contribution in [2.75, 3.05) is 0 Å². The number of benzene rings is 1. The molecule has 1 aromatic carbocycles. The molecule has 1 aromatic heterocycles. The molecule has 5 nitrogen and oxygen atoms in total. The Hall–Kier alpha value is -2.69. The van der Waals surface area contributed by atoms with Gasteiger partial charge in [0.2, 0.25) is 0 Å². The van der Waals surface area contributed by atoms with Crippen LogP contribution in [0.25, 0.3) is 12.2 Å². The number of phenolic OH excluding ortho intramolecular Hbond substituents is 1. The molecule has 0 radical (unpaired) electrons. The average molecular weight is 256 g/mol. The number of nitro benzene ring substituents is 1. The predicted molar refractivity (Wildman–Crippen MR) is 72.7 cm³/mol. The molecule has 19 heavy (non-hydrogen) atoms. The van der Waals surface area contributed by atoms with Gasteiger partial charge in [0.05, 0.1) is 10.6 Å². The van der Waals surface area contributed by atoms with E-state index in [1.807, 2.05) is 25.1 Å². The van der Waals surface area contributed by atoms with Gasteiger partial charge in [0.1, 0.15) is 5.75 Å². The van der Waals surface area contributed by atoms with E-state index in [0.717, 1.165) is 11.4 Å². The summed E-state index contributed by atoms with van der Waals surface area (Å²) in [6.07, 6.45) is 3.30. The molecule has 2 aromatic rings. The highest BCUT2D eigenvalue weighted by Gasteiger charge is 2.08.